The fourth-order valence-electron chi connectivity index (χ4n) is 8.59. The number of aliphatic carboxylic acids is 1. The zero-order chi connectivity index (χ0) is 53.3. The second-order valence-electron chi connectivity index (χ2n) is 19.9. The Hall–Kier alpha value is -3.58. The van der Waals surface area contributed by atoms with Crippen molar-refractivity contribution in [1.29, 1.82) is 0 Å². The number of unbranched alkanes of at least 4 members (excludes halogenated alkanes) is 25. The molecule has 0 spiro atoms. The van der Waals surface area contributed by atoms with Gasteiger partial charge in [0.15, 0.2) is 24.6 Å². The number of esters is 3. The number of hydrogen-bond donors (Lipinski definition) is 3. The van der Waals surface area contributed by atoms with Crippen LogP contribution in [0.4, 0.5) is 0 Å². The third-order valence-electron chi connectivity index (χ3n) is 13.1. The number of carboxylic acid groups (broad SMARTS) is 1. The summed E-state index contributed by atoms with van der Waals surface area (Å²) in [5.41, 5.74) is 0. The van der Waals surface area contributed by atoms with Gasteiger partial charge >= 0.3 is 23.9 Å². The number of aliphatic hydroxyl groups is 2. The van der Waals surface area contributed by atoms with Gasteiger partial charge in [-0.25, -0.2) is 4.79 Å². The number of hydrogen-bond acceptors (Lipinski definition) is 11. The van der Waals surface area contributed by atoms with E-state index in [-0.39, 0.29) is 25.9 Å². The Morgan fingerprint density at radius 1 is 0.466 bits per heavy atom. The first-order valence-corrected chi connectivity index (χ1v) is 29.3. The monoisotopic (exact) mass is 1030 g/mol. The van der Waals surface area contributed by atoms with Gasteiger partial charge < -0.3 is 39.0 Å². The van der Waals surface area contributed by atoms with E-state index < -0.39 is 67.3 Å². The maximum absolute atomic E-state index is 13.1. The summed E-state index contributed by atoms with van der Waals surface area (Å²) in [6.45, 7) is 5.81. The second kappa shape index (κ2) is 49.3. The first kappa shape index (κ1) is 67.4. The van der Waals surface area contributed by atoms with E-state index in [4.69, 9.17) is 23.7 Å². The van der Waals surface area contributed by atoms with Crippen molar-refractivity contribution >= 4 is 23.9 Å². The molecular formula is C61H104O12. The molecule has 73 heavy (non-hydrogen) atoms. The predicted octanol–water partition coefficient (Wildman–Crippen LogP) is 14.8. The molecule has 1 aliphatic heterocycles. The van der Waals surface area contributed by atoms with Gasteiger partial charge in [-0.1, -0.05) is 210 Å². The number of rotatable bonds is 49. The highest BCUT2D eigenvalue weighted by atomic mass is 16.7. The largest absolute Gasteiger partial charge is 0.479 e. The molecule has 1 aliphatic rings. The minimum atomic E-state index is -1.91. The van der Waals surface area contributed by atoms with Crippen LogP contribution in [0, 0.1) is 0 Å². The Morgan fingerprint density at radius 3 is 1.36 bits per heavy atom. The molecule has 6 atom stereocenters. The van der Waals surface area contributed by atoms with E-state index in [1.165, 1.54) is 96.3 Å². The molecule has 0 amide bonds. The fraction of sp³-hybridized carbons (Fsp3) is 0.770. The Bertz CT molecular complexity index is 1500. The number of allylic oxidation sites excluding steroid dienone is 10. The molecule has 0 radical (unpaired) electrons. The summed E-state index contributed by atoms with van der Waals surface area (Å²) in [6, 6.07) is 0. The maximum Gasteiger partial charge on any atom is 0.335 e. The van der Waals surface area contributed by atoms with Crippen LogP contribution in [0.15, 0.2) is 60.8 Å². The molecule has 0 aromatic carbocycles. The Labute approximate surface area is 443 Å². The van der Waals surface area contributed by atoms with E-state index in [0.29, 0.717) is 19.3 Å². The van der Waals surface area contributed by atoms with E-state index in [1.54, 1.807) is 0 Å². The van der Waals surface area contributed by atoms with Crippen LogP contribution < -0.4 is 0 Å². The molecule has 6 unspecified atom stereocenters. The molecular weight excluding hydrogens is 925 g/mol. The van der Waals surface area contributed by atoms with Crippen LogP contribution in [-0.4, -0.2) is 89.2 Å². The summed E-state index contributed by atoms with van der Waals surface area (Å²) in [5, 5.41) is 31.4. The van der Waals surface area contributed by atoms with Crippen LogP contribution in [0.3, 0.4) is 0 Å². The van der Waals surface area contributed by atoms with Gasteiger partial charge in [0.1, 0.15) is 18.8 Å². The van der Waals surface area contributed by atoms with E-state index in [9.17, 15) is 34.5 Å². The van der Waals surface area contributed by atoms with Crippen LogP contribution in [-0.2, 0) is 42.9 Å². The molecule has 1 saturated heterocycles. The molecule has 12 nitrogen and oxygen atoms in total. The van der Waals surface area contributed by atoms with Gasteiger partial charge in [-0.2, -0.15) is 0 Å². The third-order valence-corrected chi connectivity index (χ3v) is 13.1. The summed E-state index contributed by atoms with van der Waals surface area (Å²) in [5.74, 6) is -3.16. The Balaban J connectivity index is 2.68. The van der Waals surface area contributed by atoms with Gasteiger partial charge in [-0.05, 0) is 83.5 Å². The molecule has 0 saturated carbocycles. The lowest BCUT2D eigenvalue weighted by Crippen LogP contribution is -2.61. The SMILES string of the molecule is CC/C=C\C/C=C\C/C=C\CCCCCC(=O)OC(COC(=O)CCCCCCCCCCC/C=C\C/C=C\CCCCC)COC1OC(C(=O)O)C(O)C(O)C1OC(=O)CCCCCCCCCCCCC. The zero-order valence-corrected chi connectivity index (χ0v) is 46.1. The van der Waals surface area contributed by atoms with Crippen molar-refractivity contribution in [2.75, 3.05) is 13.2 Å². The van der Waals surface area contributed by atoms with Crippen molar-refractivity contribution in [3.63, 3.8) is 0 Å². The van der Waals surface area contributed by atoms with Gasteiger partial charge in [-0.3, -0.25) is 14.4 Å². The Morgan fingerprint density at radius 2 is 0.863 bits per heavy atom. The van der Waals surface area contributed by atoms with Crippen molar-refractivity contribution in [2.45, 2.75) is 289 Å². The van der Waals surface area contributed by atoms with Crippen LogP contribution in [0.25, 0.3) is 0 Å². The third kappa shape index (κ3) is 39.5. The van der Waals surface area contributed by atoms with Crippen molar-refractivity contribution < 1.29 is 58.2 Å². The maximum atomic E-state index is 13.1. The molecule has 420 valence electrons. The molecule has 0 aliphatic carbocycles. The first-order valence-electron chi connectivity index (χ1n) is 29.3. The molecule has 3 N–H and O–H groups in total. The van der Waals surface area contributed by atoms with Gasteiger partial charge in [0.05, 0.1) is 6.61 Å². The average Bonchev–Trinajstić information content (AvgIpc) is 3.37. The summed E-state index contributed by atoms with van der Waals surface area (Å²) in [6.07, 6.45) is 47.7. The number of carbonyl (C=O) groups excluding carboxylic acids is 3. The zero-order valence-electron chi connectivity index (χ0n) is 46.1. The van der Waals surface area contributed by atoms with Crippen molar-refractivity contribution in [1.82, 2.24) is 0 Å². The average molecular weight is 1030 g/mol. The van der Waals surface area contributed by atoms with Gasteiger partial charge in [0.2, 0.25) is 0 Å². The number of aliphatic hydroxyl groups excluding tert-OH is 2. The molecule has 0 aromatic rings. The molecule has 12 heteroatoms. The highest BCUT2D eigenvalue weighted by molar-refractivity contribution is 5.74. The molecule has 0 bridgehead atoms. The minimum absolute atomic E-state index is 0.0582. The van der Waals surface area contributed by atoms with Crippen LogP contribution in [0.1, 0.15) is 252 Å². The van der Waals surface area contributed by atoms with Crippen LogP contribution in [0.2, 0.25) is 0 Å². The molecule has 1 rings (SSSR count). The van der Waals surface area contributed by atoms with E-state index in [2.05, 4.69) is 81.5 Å². The topological polar surface area (TPSA) is 175 Å². The molecule has 1 heterocycles. The summed E-state index contributed by atoms with van der Waals surface area (Å²) in [7, 11) is 0. The lowest BCUT2D eigenvalue weighted by molar-refractivity contribution is -0.301. The lowest BCUT2D eigenvalue weighted by Gasteiger charge is -2.40. The number of ether oxygens (including phenoxy) is 5. The van der Waals surface area contributed by atoms with Crippen molar-refractivity contribution in [2.24, 2.45) is 0 Å². The van der Waals surface area contributed by atoms with Gasteiger partial charge in [-0.15, -0.1) is 0 Å². The van der Waals surface area contributed by atoms with E-state index in [1.807, 2.05) is 0 Å². The van der Waals surface area contributed by atoms with Gasteiger partial charge in [0, 0.05) is 19.3 Å². The lowest BCUT2D eigenvalue weighted by atomic mass is 9.98. The van der Waals surface area contributed by atoms with Crippen LogP contribution in [0.5, 0.6) is 0 Å². The first-order chi connectivity index (χ1) is 35.6. The van der Waals surface area contributed by atoms with Crippen LogP contribution >= 0.6 is 0 Å². The highest BCUT2D eigenvalue weighted by Gasteiger charge is 2.50. The predicted molar refractivity (Wildman–Crippen MR) is 294 cm³/mol. The molecule has 0 aromatic heterocycles. The van der Waals surface area contributed by atoms with E-state index in [0.717, 1.165) is 96.3 Å². The highest BCUT2D eigenvalue weighted by Crippen LogP contribution is 2.26. The minimum Gasteiger partial charge on any atom is -0.479 e. The van der Waals surface area contributed by atoms with Gasteiger partial charge in [0.25, 0.3) is 0 Å². The fourth-order valence-corrected chi connectivity index (χ4v) is 8.59. The quantitative estimate of drug-likeness (QED) is 0.0228. The molecule has 1 fully saturated rings. The summed E-state index contributed by atoms with van der Waals surface area (Å²) in [4.78, 5) is 51.0. The number of carbonyl (C=O) groups is 4. The second-order valence-corrected chi connectivity index (χ2v) is 19.9. The Kier molecular flexibility index (Phi) is 45.5. The standard InChI is InChI=1S/C61H104O12/c1-4-7-10-13-16-19-22-24-25-26-27-28-29-31-33-35-38-41-44-47-53(62)69-50-52(71-54(63)48-45-42-39-37-34-30-23-20-17-14-11-8-5-2)51-70-61-59(57(66)56(65)58(73-61)60(67)68)72-55(64)49-46-43-40-36-32-21-18-15-12-9-6-3/h8,11,16-17,19-20,24-25,30,34,52,56-59,61,65-66H,4-7,9-10,12-15,18,21-23,26-29,31-33,35-51H2,1-3H3,(H,67,68)/b11-8-,19-16-,20-17-,25-24-,34-30-. The summed E-state index contributed by atoms with van der Waals surface area (Å²) < 4.78 is 28.4. The van der Waals surface area contributed by atoms with Crippen molar-refractivity contribution in [3.05, 3.63) is 60.8 Å². The smallest absolute Gasteiger partial charge is 0.335 e. The van der Waals surface area contributed by atoms with Crippen molar-refractivity contribution in [3.8, 4) is 0 Å². The summed E-state index contributed by atoms with van der Waals surface area (Å²) >= 11 is 0. The van der Waals surface area contributed by atoms with E-state index >= 15 is 0 Å². The number of carboxylic acids is 1. The normalized spacial score (nSPS) is 18.7.